The second-order valence-electron chi connectivity index (χ2n) is 7.23. The Kier molecular flexibility index (Phi) is 4.12. The first kappa shape index (κ1) is 15.5. The van der Waals surface area contributed by atoms with Crippen molar-refractivity contribution in [3.8, 4) is 0 Å². The molecule has 1 aromatic carbocycles. The number of hydrogen-bond acceptors (Lipinski definition) is 4. The molecule has 4 fully saturated rings. The van der Waals surface area contributed by atoms with E-state index in [1.807, 2.05) is 6.26 Å². The fourth-order valence-corrected chi connectivity index (χ4v) is 5.26. The first-order valence-electron chi connectivity index (χ1n) is 8.50. The van der Waals surface area contributed by atoms with Crippen LogP contribution in [-0.4, -0.2) is 73.0 Å². The lowest BCUT2D eigenvalue weighted by Gasteiger charge is -2.55. The summed E-state index contributed by atoms with van der Waals surface area (Å²) < 4.78 is 0. The standard InChI is InChI=1S/C18H25N3OS/c1-23-11-16(22)19-17-14-9-20-7-8-21(10-14)13-18(17,12-20)15-5-3-2-4-6-15/h2-6,14,17H,7-13H2,1H3,(H,19,22). The van der Waals surface area contributed by atoms with E-state index >= 15 is 0 Å². The van der Waals surface area contributed by atoms with Crippen LogP contribution in [0.4, 0.5) is 0 Å². The van der Waals surface area contributed by atoms with Gasteiger partial charge in [0.2, 0.25) is 5.91 Å². The van der Waals surface area contributed by atoms with Crippen LogP contribution < -0.4 is 5.32 Å². The zero-order valence-corrected chi connectivity index (χ0v) is 14.5. The maximum Gasteiger partial charge on any atom is 0.230 e. The predicted molar refractivity (Wildman–Crippen MR) is 94.8 cm³/mol. The van der Waals surface area contributed by atoms with Crippen molar-refractivity contribution in [1.82, 2.24) is 15.1 Å². The Morgan fingerprint density at radius 2 is 1.87 bits per heavy atom. The summed E-state index contributed by atoms with van der Waals surface area (Å²) in [7, 11) is 0. The van der Waals surface area contributed by atoms with Crippen LogP contribution in [0, 0.1) is 5.92 Å². The van der Waals surface area contributed by atoms with Crippen molar-refractivity contribution in [3.05, 3.63) is 35.9 Å². The van der Waals surface area contributed by atoms with Gasteiger partial charge in [-0.2, -0.15) is 11.8 Å². The number of nitrogens with zero attached hydrogens (tertiary/aromatic N) is 2. The smallest absolute Gasteiger partial charge is 0.230 e. The molecule has 4 aliphatic rings. The van der Waals surface area contributed by atoms with Gasteiger partial charge >= 0.3 is 0 Å². The van der Waals surface area contributed by atoms with Crippen LogP contribution in [0.25, 0.3) is 0 Å². The SMILES string of the molecule is CSCC(=O)NC1C2CN3CCN(C2)CC1(c1ccccc1)C3. The van der Waals surface area contributed by atoms with E-state index in [2.05, 4.69) is 45.4 Å². The molecule has 0 saturated carbocycles. The number of carbonyl (C=O) groups excluding carboxylic acids is 1. The van der Waals surface area contributed by atoms with Crippen molar-refractivity contribution in [2.75, 3.05) is 51.3 Å². The number of thioether (sulfide) groups is 1. The molecule has 4 saturated heterocycles. The van der Waals surface area contributed by atoms with Gasteiger partial charge in [0.05, 0.1) is 5.75 Å². The zero-order valence-electron chi connectivity index (χ0n) is 13.7. The molecule has 0 aliphatic carbocycles. The highest BCUT2D eigenvalue weighted by Gasteiger charge is 2.55. The highest BCUT2D eigenvalue weighted by molar-refractivity contribution is 7.99. The number of fused-ring (bicyclic) bond motifs is 1. The Labute approximate surface area is 142 Å². The van der Waals surface area contributed by atoms with Gasteiger partial charge in [0.25, 0.3) is 0 Å². The van der Waals surface area contributed by atoms with Crippen molar-refractivity contribution < 1.29 is 4.79 Å². The summed E-state index contributed by atoms with van der Waals surface area (Å²) in [6, 6.07) is 11.1. The summed E-state index contributed by atoms with van der Waals surface area (Å²) >= 11 is 1.60. The predicted octanol–water partition coefficient (Wildman–Crippen LogP) is 1.03. The summed E-state index contributed by atoms with van der Waals surface area (Å²) in [5, 5.41) is 3.42. The van der Waals surface area contributed by atoms with E-state index in [9.17, 15) is 4.79 Å². The molecule has 124 valence electrons. The van der Waals surface area contributed by atoms with Gasteiger partial charge in [-0.05, 0) is 11.8 Å². The maximum atomic E-state index is 12.3. The Balaban J connectivity index is 1.72. The molecule has 0 radical (unpaired) electrons. The van der Waals surface area contributed by atoms with E-state index < -0.39 is 0 Å². The van der Waals surface area contributed by atoms with Crippen LogP contribution in [0.15, 0.2) is 30.3 Å². The average molecular weight is 331 g/mol. The summed E-state index contributed by atoms with van der Waals surface area (Å²) in [6.07, 6.45) is 1.99. The lowest BCUT2D eigenvalue weighted by Crippen LogP contribution is -2.70. The molecule has 5 heteroatoms. The molecule has 4 bridgehead atoms. The van der Waals surface area contributed by atoms with Crippen molar-refractivity contribution in [1.29, 1.82) is 0 Å². The maximum absolute atomic E-state index is 12.3. The van der Waals surface area contributed by atoms with Crippen LogP contribution in [0.1, 0.15) is 5.56 Å². The molecule has 23 heavy (non-hydrogen) atoms. The molecule has 0 aromatic heterocycles. The van der Waals surface area contributed by atoms with Crippen LogP contribution >= 0.6 is 11.8 Å². The number of benzene rings is 1. The van der Waals surface area contributed by atoms with Crippen LogP contribution in [0.3, 0.4) is 0 Å². The van der Waals surface area contributed by atoms with Gasteiger partial charge in [-0.25, -0.2) is 0 Å². The third-order valence-electron chi connectivity index (χ3n) is 5.74. The third kappa shape index (κ3) is 2.69. The van der Waals surface area contributed by atoms with Gasteiger partial charge in [-0.1, -0.05) is 30.3 Å². The molecule has 3 atom stereocenters. The minimum absolute atomic E-state index is 0.0347. The largest absolute Gasteiger partial charge is 0.351 e. The van der Waals surface area contributed by atoms with E-state index in [1.54, 1.807) is 11.8 Å². The molecule has 3 unspecified atom stereocenters. The Bertz CT molecular complexity index is 563. The Morgan fingerprint density at radius 1 is 1.22 bits per heavy atom. The highest BCUT2D eigenvalue weighted by atomic mass is 32.2. The molecule has 4 nitrogen and oxygen atoms in total. The van der Waals surface area contributed by atoms with Gasteiger partial charge in [-0.15, -0.1) is 0 Å². The number of amides is 1. The Hall–Kier alpha value is -1.04. The Morgan fingerprint density at radius 3 is 2.48 bits per heavy atom. The van der Waals surface area contributed by atoms with E-state index in [0.717, 1.165) is 39.3 Å². The van der Waals surface area contributed by atoms with E-state index in [4.69, 9.17) is 0 Å². The van der Waals surface area contributed by atoms with E-state index in [0.29, 0.717) is 11.7 Å². The number of hydrogen-bond donors (Lipinski definition) is 1. The van der Waals surface area contributed by atoms with Crippen LogP contribution in [-0.2, 0) is 10.2 Å². The second kappa shape index (κ2) is 6.11. The summed E-state index contributed by atoms with van der Waals surface area (Å²) in [5.41, 5.74) is 1.42. The average Bonchev–Trinajstić information content (AvgIpc) is 2.80. The minimum Gasteiger partial charge on any atom is -0.351 e. The monoisotopic (exact) mass is 331 g/mol. The van der Waals surface area contributed by atoms with Crippen molar-refractivity contribution in [3.63, 3.8) is 0 Å². The first-order valence-corrected chi connectivity index (χ1v) is 9.89. The molecule has 1 aromatic rings. The zero-order chi connectivity index (χ0) is 15.9. The summed E-state index contributed by atoms with van der Waals surface area (Å²) in [5.74, 6) is 1.28. The molecular formula is C18H25N3OS. The van der Waals surface area contributed by atoms with Gasteiger partial charge in [-0.3, -0.25) is 4.79 Å². The lowest BCUT2D eigenvalue weighted by molar-refractivity contribution is -0.121. The third-order valence-corrected chi connectivity index (χ3v) is 6.29. The van der Waals surface area contributed by atoms with Gasteiger partial charge in [0.15, 0.2) is 0 Å². The van der Waals surface area contributed by atoms with Crippen LogP contribution in [0.5, 0.6) is 0 Å². The van der Waals surface area contributed by atoms with Crippen molar-refractivity contribution in [2.45, 2.75) is 11.5 Å². The number of nitrogens with one attached hydrogen (secondary N) is 1. The minimum atomic E-state index is 0.0347. The first-order chi connectivity index (χ1) is 11.2. The molecule has 0 spiro atoms. The van der Waals surface area contributed by atoms with Crippen molar-refractivity contribution in [2.24, 2.45) is 5.92 Å². The summed E-state index contributed by atoms with van der Waals surface area (Å²) in [4.78, 5) is 17.6. The van der Waals surface area contributed by atoms with Gasteiger partial charge in [0, 0.05) is 56.6 Å². The van der Waals surface area contributed by atoms with E-state index in [1.165, 1.54) is 5.56 Å². The topological polar surface area (TPSA) is 35.6 Å². The van der Waals surface area contributed by atoms with E-state index in [-0.39, 0.29) is 17.4 Å². The van der Waals surface area contributed by atoms with Crippen LogP contribution in [0.2, 0.25) is 0 Å². The second-order valence-corrected chi connectivity index (χ2v) is 8.10. The normalized spacial score (nSPS) is 38.3. The molecule has 4 heterocycles. The lowest BCUT2D eigenvalue weighted by atomic mass is 9.64. The number of piperidine rings is 2. The fourth-order valence-electron chi connectivity index (χ4n) is 4.91. The molecule has 4 aliphatic heterocycles. The number of rotatable bonds is 4. The summed E-state index contributed by atoms with van der Waals surface area (Å²) in [6.45, 7) is 6.69. The molecule has 5 rings (SSSR count). The molecule has 1 amide bonds. The molecular weight excluding hydrogens is 306 g/mol. The quantitative estimate of drug-likeness (QED) is 0.894. The molecule has 1 N–H and O–H groups in total. The number of carbonyl (C=O) groups is 1. The van der Waals surface area contributed by atoms with Gasteiger partial charge < -0.3 is 15.1 Å². The van der Waals surface area contributed by atoms with Crippen molar-refractivity contribution >= 4 is 17.7 Å². The fraction of sp³-hybridized carbons (Fsp3) is 0.611. The van der Waals surface area contributed by atoms with Gasteiger partial charge in [0.1, 0.15) is 0 Å². The highest BCUT2D eigenvalue weighted by Crippen LogP contribution is 2.43.